The van der Waals surface area contributed by atoms with E-state index < -0.39 is 0 Å². The molecule has 1 aromatic carbocycles. The maximum Gasteiger partial charge on any atom is 0.254 e. The van der Waals surface area contributed by atoms with Crippen LogP contribution in [0.1, 0.15) is 56.4 Å². The number of aryl methyl sites for hydroxylation is 1. The fourth-order valence-electron chi connectivity index (χ4n) is 4.37. The van der Waals surface area contributed by atoms with E-state index in [0.717, 1.165) is 53.2 Å². The Morgan fingerprint density at radius 3 is 2.71 bits per heavy atom. The summed E-state index contributed by atoms with van der Waals surface area (Å²) in [7, 11) is 0. The number of carbonyl (C=O) groups is 2. The monoisotopic (exact) mass is 452 g/mol. The van der Waals surface area contributed by atoms with E-state index in [0.29, 0.717) is 12.0 Å². The molecule has 1 aliphatic carbocycles. The van der Waals surface area contributed by atoms with Crippen molar-refractivity contribution in [3.05, 3.63) is 69.4 Å². The number of para-hydroxylation sites is 1. The number of rotatable bonds is 6. The van der Waals surface area contributed by atoms with Gasteiger partial charge in [0, 0.05) is 45.4 Å². The summed E-state index contributed by atoms with van der Waals surface area (Å²) in [4.78, 5) is 28.0. The number of allylic oxidation sites excluding steroid dienone is 3. The number of dihydropyridines is 1. The van der Waals surface area contributed by atoms with E-state index in [4.69, 9.17) is 0 Å². The standard InChI is InChI=1S/C25H28N2O2S2/c1-4-17-14-18(25(31-17)30-5-2)22-21(24(29)27-16-10-7-6-8-11-16)15(3)26-19-12-9-13-20(28)23(19)22/h6-8,10-11,14,22,26H,4-5,9,12-13H2,1-3H3,(H,27,29). The number of hydrogen-bond acceptors (Lipinski definition) is 5. The third-order valence-electron chi connectivity index (χ3n) is 5.76. The fraction of sp³-hybridized carbons (Fsp3) is 0.360. The molecule has 1 aromatic heterocycles. The van der Waals surface area contributed by atoms with Crippen LogP contribution in [0.2, 0.25) is 0 Å². The number of thiophene rings is 1. The molecule has 2 N–H and O–H groups in total. The van der Waals surface area contributed by atoms with Crippen molar-refractivity contribution in [1.29, 1.82) is 0 Å². The zero-order valence-corrected chi connectivity index (χ0v) is 19.8. The molecule has 1 amide bonds. The Morgan fingerprint density at radius 2 is 2.00 bits per heavy atom. The molecule has 4 nitrogen and oxygen atoms in total. The summed E-state index contributed by atoms with van der Waals surface area (Å²) in [5.41, 5.74) is 5.12. The Hall–Kier alpha value is -2.31. The lowest BCUT2D eigenvalue weighted by Gasteiger charge is -2.34. The number of carbonyl (C=O) groups excluding carboxylic acids is 2. The van der Waals surface area contributed by atoms with E-state index in [-0.39, 0.29) is 17.6 Å². The minimum absolute atomic E-state index is 0.150. The average molecular weight is 453 g/mol. The van der Waals surface area contributed by atoms with Crippen LogP contribution < -0.4 is 10.6 Å². The van der Waals surface area contributed by atoms with Gasteiger partial charge in [0.25, 0.3) is 5.91 Å². The van der Waals surface area contributed by atoms with Gasteiger partial charge >= 0.3 is 0 Å². The summed E-state index contributed by atoms with van der Waals surface area (Å²) in [5.74, 6) is 0.643. The second-order valence-electron chi connectivity index (χ2n) is 7.83. The quantitative estimate of drug-likeness (QED) is 0.526. The van der Waals surface area contributed by atoms with E-state index >= 15 is 0 Å². The zero-order valence-electron chi connectivity index (χ0n) is 18.2. The van der Waals surface area contributed by atoms with E-state index in [9.17, 15) is 9.59 Å². The highest BCUT2D eigenvalue weighted by molar-refractivity contribution is 8.01. The van der Waals surface area contributed by atoms with Gasteiger partial charge in [-0.1, -0.05) is 32.0 Å². The van der Waals surface area contributed by atoms with Crippen LogP contribution in [0.3, 0.4) is 0 Å². The first-order chi connectivity index (χ1) is 15.0. The maximum absolute atomic E-state index is 13.5. The molecule has 6 heteroatoms. The van der Waals surface area contributed by atoms with Crippen LogP contribution in [0.25, 0.3) is 0 Å². The summed E-state index contributed by atoms with van der Waals surface area (Å²) >= 11 is 3.59. The number of ketones is 1. The number of nitrogens with one attached hydrogen (secondary N) is 2. The van der Waals surface area contributed by atoms with Crippen LogP contribution in [-0.4, -0.2) is 17.4 Å². The Morgan fingerprint density at radius 1 is 1.23 bits per heavy atom. The number of Topliss-reactive ketones (excluding diaryl/α,β-unsaturated/α-hetero) is 1. The highest BCUT2D eigenvalue weighted by Gasteiger charge is 2.40. The van der Waals surface area contributed by atoms with Crippen molar-refractivity contribution in [2.75, 3.05) is 11.1 Å². The molecule has 0 saturated heterocycles. The Balaban J connectivity index is 1.84. The highest BCUT2D eigenvalue weighted by Crippen LogP contribution is 2.47. The maximum atomic E-state index is 13.5. The molecule has 4 rings (SSSR count). The van der Waals surface area contributed by atoms with Crippen LogP contribution in [0, 0.1) is 0 Å². The van der Waals surface area contributed by atoms with Crippen LogP contribution in [0.4, 0.5) is 5.69 Å². The molecule has 162 valence electrons. The molecule has 2 aromatic rings. The summed E-state index contributed by atoms with van der Waals surface area (Å²) in [5, 5.41) is 6.46. The Bertz CT molecular complexity index is 1070. The number of benzene rings is 1. The minimum atomic E-state index is -0.321. The Labute approximate surface area is 192 Å². The SMILES string of the molecule is CCSc1sc(CC)cc1C1C(C(=O)Nc2ccccc2)=C(C)NC2=C1C(=O)CCC2. The first kappa shape index (κ1) is 21.9. The number of amides is 1. The molecule has 0 bridgehead atoms. The van der Waals surface area contributed by atoms with Crippen molar-refractivity contribution in [3.8, 4) is 0 Å². The van der Waals surface area contributed by atoms with Gasteiger partial charge in [0.2, 0.25) is 0 Å². The Kier molecular flexibility index (Phi) is 6.68. The number of anilines is 1. The van der Waals surface area contributed by atoms with Gasteiger partial charge in [-0.3, -0.25) is 9.59 Å². The smallest absolute Gasteiger partial charge is 0.254 e. The van der Waals surface area contributed by atoms with Crippen molar-refractivity contribution in [2.24, 2.45) is 0 Å². The molecule has 0 spiro atoms. The third-order valence-corrected chi connectivity index (χ3v) is 8.24. The van der Waals surface area contributed by atoms with Crippen LogP contribution in [-0.2, 0) is 16.0 Å². The molecule has 1 atom stereocenters. The van der Waals surface area contributed by atoms with Crippen LogP contribution in [0.15, 0.2) is 63.1 Å². The molecule has 0 fully saturated rings. The van der Waals surface area contributed by atoms with E-state index in [1.54, 1.807) is 23.1 Å². The van der Waals surface area contributed by atoms with Crippen molar-refractivity contribution < 1.29 is 9.59 Å². The summed E-state index contributed by atoms with van der Waals surface area (Å²) in [6, 6.07) is 11.7. The molecular weight excluding hydrogens is 424 g/mol. The lowest BCUT2D eigenvalue weighted by atomic mass is 9.75. The molecule has 2 heterocycles. The van der Waals surface area contributed by atoms with Gasteiger partial charge in [-0.05, 0) is 55.7 Å². The van der Waals surface area contributed by atoms with Gasteiger partial charge in [0.05, 0.1) is 4.21 Å². The number of hydrogen-bond donors (Lipinski definition) is 2. The molecule has 0 saturated carbocycles. The summed E-state index contributed by atoms with van der Waals surface area (Å²) in [6.07, 6.45) is 3.20. The van der Waals surface area contributed by atoms with Crippen LogP contribution in [0.5, 0.6) is 0 Å². The first-order valence-electron chi connectivity index (χ1n) is 10.9. The lowest BCUT2D eigenvalue weighted by Crippen LogP contribution is -2.35. The highest BCUT2D eigenvalue weighted by atomic mass is 32.2. The topological polar surface area (TPSA) is 58.2 Å². The van der Waals surface area contributed by atoms with Crippen molar-refractivity contribution in [2.45, 2.75) is 56.6 Å². The second kappa shape index (κ2) is 9.45. The largest absolute Gasteiger partial charge is 0.362 e. The summed E-state index contributed by atoms with van der Waals surface area (Å²) < 4.78 is 1.22. The van der Waals surface area contributed by atoms with Gasteiger partial charge in [0.1, 0.15) is 0 Å². The average Bonchev–Trinajstić information content (AvgIpc) is 3.16. The van der Waals surface area contributed by atoms with Crippen LogP contribution >= 0.6 is 23.1 Å². The van der Waals surface area contributed by atoms with Gasteiger partial charge in [0.15, 0.2) is 5.78 Å². The molecule has 2 aliphatic rings. The lowest BCUT2D eigenvalue weighted by molar-refractivity contribution is -0.116. The van der Waals surface area contributed by atoms with Crippen molar-refractivity contribution in [3.63, 3.8) is 0 Å². The first-order valence-corrected chi connectivity index (χ1v) is 12.7. The van der Waals surface area contributed by atoms with Crippen molar-refractivity contribution >= 4 is 40.5 Å². The second-order valence-corrected chi connectivity index (χ2v) is 10.5. The van der Waals surface area contributed by atoms with Gasteiger partial charge < -0.3 is 10.6 Å². The fourth-order valence-corrected chi connectivity index (χ4v) is 6.75. The van der Waals surface area contributed by atoms with E-state index in [2.05, 4.69) is 30.5 Å². The molecule has 1 aliphatic heterocycles. The van der Waals surface area contributed by atoms with Gasteiger partial charge in [-0.15, -0.1) is 23.1 Å². The van der Waals surface area contributed by atoms with Gasteiger partial charge in [-0.25, -0.2) is 0 Å². The molecule has 0 radical (unpaired) electrons. The molecule has 1 unspecified atom stereocenters. The predicted molar refractivity (Wildman–Crippen MR) is 130 cm³/mol. The molecule has 31 heavy (non-hydrogen) atoms. The van der Waals surface area contributed by atoms with Crippen molar-refractivity contribution in [1.82, 2.24) is 5.32 Å². The molecular formula is C25H28N2O2S2. The van der Waals surface area contributed by atoms with E-state index in [1.807, 2.05) is 37.3 Å². The van der Waals surface area contributed by atoms with Gasteiger partial charge in [-0.2, -0.15) is 0 Å². The normalized spacial score (nSPS) is 18.7. The third kappa shape index (κ3) is 4.37. The summed E-state index contributed by atoms with van der Waals surface area (Å²) in [6.45, 7) is 6.25. The minimum Gasteiger partial charge on any atom is -0.362 e. The predicted octanol–water partition coefficient (Wildman–Crippen LogP) is 6.03. The van der Waals surface area contributed by atoms with E-state index in [1.165, 1.54) is 9.09 Å². The zero-order chi connectivity index (χ0) is 22.0. The number of thioether (sulfide) groups is 1.